The summed E-state index contributed by atoms with van der Waals surface area (Å²) >= 11 is 0. The van der Waals surface area contributed by atoms with Crippen molar-refractivity contribution < 1.29 is 0 Å². The largest absolute Gasteiger partial charge is 0.397 e. The quantitative estimate of drug-likeness (QED) is 0.333. The third-order valence-electron chi connectivity index (χ3n) is 3.62. The first-order chi connectivity index (χ1) is 11.8. The standard InChI is InChI=1S/C20H18N4/c21-17-13-7-8-14-18(17)23-19(15-9-3-1-4-10-15)20(24-22)16-11-5-2-6-12-16/h1-14H,21-22H2/b23-19?,24-20+. The zero-order chi connectivity index (χ0) is 16.8. The minimum Gasteiger partial charge on any atom is -0.397 e. The van der Waals surface area contributed by atoms with Gasteiger partial charge in [0.15, 0.2) is 0 Å². The molecule has 0 bridgehead atoms. The number of para-hydroxylation sites is 2. The molecule has 0 radical (unpaired) electrons. The van der Waals surface area contributed by atoms with E-state index >= 15 is 0 Å². The third kappa shape index (κ3) is 3.33. The van der Waals surface area contributed by atoms with Gasteiger partial charge in [-0.05, 0) is 12.1 Å². The number of hydrogen-bond donors (Lipinski definition) is 2. The molecule has 4 heteroatoms. The highest BCUT2D eigenvalue weighted by Crippen LogP contribution is 2.23. The fourth-order valence-corrected chi connectivity index (χ4v) is 2.43. The number of benzene rings is 3. The number of nitrogen functional groups attached to an aromatic ring is 1. The molecule has 4 N–H and O–H groups in total. The number of hydrogen-bond acceptors (Lipinski definition) is 4. The second-order valence-corrected chi connectivity index (χ2v) is 5.23. The van der Waals surface area contributed by atoms with Gasteiger partial charge in [0, 0.05) is 11.1 Å². The molecule has 24 heavy (non-hydrogen) atoms. The lowest BCUT2D eigenvalue weighted by atomic mass is 9.99. The third-order valence-corrected chi connectivity index (χ3v) is 3.62. The van der Waals surface area contributed by atoms with Crippen molar-refractivity contribution in [3.05, 3.63) is 96.1 Å². The average Bonchev–Trinajstić information content (AvgIpc) is 2.65. The lowest BCUT2D eigenvalue weighted by Crippen LogP contribution is -2.19. The fraction of sp³-hybridized carbons (Fsp3) is 0. The Labute approximate surface area is 141 Å². The predicted molar refractivity (Wildman–Crippen MR) is 101 cm³/mol. The van der Waals surface area contributed by atoms with E-state index in [1.165, 1.54) is 0 Å². The van der Waals surface area contributed by atoms with Gasteiger partial charge < -0.3 is 11.6 Å². The van der Waals surface area contributed by atoms with E-state index in [1.807, 2.05) is 84.9 Å². The van der Waals surface area contributed by atoms with Gasteiger partial charge in [0.25, 0.3) is 0 Å². The van der Waals surface area contributed by atoms with Crippen molar-refractivity contribution in [1.82, 2.24) is 0 Å². The van der Waals surface area contributed by atoms with E-state index in [0.29, 0.717) is 22.8 Å². The maximum atomic E-state index is 6.05. The Hall–Kier alpha value is -3.40. The van der Waals surface area contributed by atoms with E-state index in [1.54, 1.807) is 0 Å². The second-order valence-electron chi connectivity index (χ2n) is 5.23. The van der Waals surface area contributed by atoms with Crippen LogP contribution in [0.15, 0.2) is 95.0 Å². The number of nitrogens with two attached hydrogens (primary N) is 2. The van der Waals surface area contributed by atoms with Crippen LogP contribution in [0.2, 0.25) is 0 Å². The van der Waals surface area contributed by atoms with Gasteiger partial charge in [-0.3, -0.25) is 0 Å². The highest BCUT2D eigenvalue weighted by molar-refractivity contribution is 6.53. The molecule has 0 spiro atoms. The smallest absolute Gasteiger partial charge is 0.116 e. The van der Waals surface area contributed by atoms with Gasteiger partial charge in [-0.15, -0.1) is 0 Å². The van der Waals surface area contributed by atoms with E-state index in [-0.39, 0.29) is 0 Å². The number of anilines is 1. The molecule has 0 saturated carbocycles. The van der Waals surface area contributed by atoms with Crippen LogP contribution in [-0.4, -0.2) is 11.4 Å². The van der Waals surface area contributed by atoms with Crippen molar-refractivity contribution in [2.24, 2.45) is 15.9 Å². The number of aliphatic imine (C=N–C) groups is 1. The molecule has 3 aromatic rings. The Morgan fingerprint density at radius 1 is 0.625 bits per heavy atom. The van der Waals surface area contributed by atoms with Gasteiger partial charge in [0.2, 0.25) is 0 Å². The molecule has 0 fully saturated rings. The first kappa shape index (κ1) is 15.5. The number of hydrazone groups is 1. The molecule has 0 aromatic heterocycles. The normalized spacial score (nSPS) is 12.2. The van der Waals surface area contributed by atoms with E-state index in [0.717, 1.165) is 11.1 Å². The first-order valence-electron chi connectivity index (χ1n) is 7.62. The van der Waals surface area contributed by atoms with Gasteiger partial charge >= 0.3 is 0 Å². The molecule has 0 aliphatic rings. The predicted octanol–water partition coefficient (Wildman–Crippen LogP) is 3.75. The Kier molecular flexibility index (Phi) is 4.68. The van der Waals surface area contributed by atoms with E-state index in [4.69, 9.17) is 16.6 Å². The molecule has 0 amide bonds. The summed E-state index contributed by atoms with van der Waals surface area (Å²) < 4.78 is 0. The van der Waals surface area contributed by atoms with Crippen molar-refractivity contribution >= 4 is 22.8 Å². The van der Waals surface area contributed by atoms with Crippen molar-refractivity contribution in [2.75, 3.05) is 5.73 Å². The van der Waals surface area contributed by atoms with Gasteiger partial charge in [0.1, 0.15) is 5.71 Å². The van der Waals surface area contributed by atoms with Crippen molar-refractivity contribution in [2.45, 2.75) is 0 Å². The molecule has 3 aromatic carbocycles. The SMILES string of the molecule is N/N=C(/C(=Nc1ccccc1N)c1ccccc1)c1ccccc1. The van der Waals surface area contributed by atoms with Gasteiger partial charge in [-0.25, -0.2) is 4.99 Å². The van der Waals surface area contributed by atoms with E-state index < -0.39 is 0 Å². The van der Waals surface area contributed by atoms with Crippen molar-refractivity contribution in [3.8, 4) is 0 Å². The minimum atomic E-state index is 0.607. The molecule has 0 atom stereocenters. The number of rotatable bonds is 4. The maximum absolute atomic E-state index is 6.05. The van der Waals surface area contributed by atoms with Gasteiger partial charge in [0.05, 0.1) is 17.1 Å². The molecule has 3 rings (SSSR count). The Morgan fingerprint density at radius 2 is 1.12 bits per heavy atom. The molecular weight excluding hydrogens is 296 g/mol. The zero-order valence-corrected chi connectivity index (χ0v) is 13.1. The lowest BCUT2D eigenvalue weighted by molar-refractivity contribution is 1.25. The molecule has 0 saturated heterocycles. The van der Waals surface area contributed by atoms with E-state index in [2.05, 4.69) is 5.10 Å². The zero-order valence-electron chi connectivity index (χ0n) is 13.1. The van der Waals surface area contributed by atoms with Crippen LogP contribution in [0.5, 0.6) is 0 Å². The van der Waals surface area contributed by atoms with E-state index in [9.17, 15) is 0 Å². The summed E-state index contributed by atoms with van der Waals surface area (Å²) in [4.78, 5) is 4.76. The van der Waals surface area contributed by atoms with Crippen LogP contribution in [0.4, 0.5) is 11.4 Å². The molecule has 0 heterocycles. The van der Waals surface area contributed by atoms with Crippen molar-refractivity contribution in [3.63, 3.8) is 0 Å². The second kappa shape index (κ2) is 7.24. The summed E-state index contributed by atoms with van der Waals surface area (Å²) in [5.41, 5.74) is 10.5. The summed E-state index contributed by atoms with van der Waals surface area (Å²) in [6, 6.07) is 27.1. The summed E-state index contributed by atoms with van der Waals surface area (Å²) in [6.45, 7) is 0. The van der Waals surface area contributed by atoms with Crippen LogP contribution < -0.4 is 11.6 Å². The summed E-state index contributed by atoms with van der Waals surface area (Å²) in [5.74, 6) is 5.71. The van der Waals surface area contributed by atoms with Crippen LogP contribution in [0.1, 0.15) is 11.1 Å². The maximum Gasteiger partial charge on any atom is 0.116 e. The van der Waals surface area contributed by atoms with Crippen LogP contribution in [0.3, 0.4) is 0 Å². The minimum absolute atomic E-state index is 0.607. The van der Waals surface area contributed by atoms with Crippen molar-refractivity contribution in [1.29, 1.82) is 0 Å². The molecule has 0 aliphatic heterocycles. The van der Waals surface area contributed by atoms with Crippen LogP contribution in [0.25, 0.3) is 0 Å². The topological polar surface area (TPSA) is 76.8 Å². The van der Waals surface area contributed by atoms with Gasteiger partial charge in [-0.1, -0.05) is 72.8 Å². The highest BCUT2D eigenvalue weighted by Gasteiger charge is 2.15. The molecule has 118 valence electrons. The average molecular weight is 314 g/mol. The molecular formula is C20H18N4. The fourth-order valence-electron chi connectivity index (χ4n) is 2.43. The molecule has 4 nitrogen and oxygen atoms in total. The molecule has 0 aliphatic carbocycles. The van der Waals surface area contributed by atoms with Crippen LogP contribution >= 0.6 is 0 Å². The van der Waals surface area contributed by atoms with Crippen LogP contribution in [-0.2, 0) is 0 Å². The monoisotopic (exact) mass is 314 g/mol. The first-order valence-corrected chi connectivity index (χ1v) is 7.62. The Morgan fingerprint density at radius 3 is 1.67 bits per heavy atom. The lowest BCUT2D eigenvalue weighted by Gasteiger charge is -2.11. The molecule has 0 unspecified atom stereocenters. The Balaban J connectivity index is 2.18. The highest BCUT2D eigenvalue weighted by atomic mass is 15.1. The summed E-state index contributed by atoms with van der Waals surface area (Å²) in [5, 5.41) is 4.01. The summed E-state index contributed by atoms with van der Waals surface area (Å²) in [7, 11) is 0. The Bertz CT molecular complexity index is 868. The van der Waals surface area contributed by atoms with Gasteiger partial charge in [-0.2, -0.15) is 5.10 Å². The summed E-state index contributed by atoms with van der Waals surface area (Å²) in [6.07, 6.45) is 0. The number of nitrogens with zero attached hydrogens (tertiary/aromatic N) is 2. The van der Waals surface area contributed by atoms with Crippen LogP contribution in [0, 0.1) is 0 Å².